The van der Waals surface area contributed by atoms with Crippen molar-refractivity contribution in [3.8, 4) is 0 Å². The molecule has 1 aliphatic rings. The summed E-state index contributed by atoms with van der Waals surface area (Å²) in [6.45, 7) is 4.28. The molecule has 0 aromatic heterocycles. The molecule has 1 aliphatic heterocycles. The zero-order valence-corrected chi connectivity index (χ0v) is 6.78. The fourth-order valence-corrected chi connectivity index (χ4v) is 1.69. The van der Waals surface area contributed by atoms with Crippen LogP contribution in [0.1, 0.15) is 13.8 Å². The Labute approximate surface area is 56.0 Å². The molecule has 0 amide bonds. The van der Waals surface area contributed by atoms with Gasteiger partial charge in [0.05, 0.1) is 0 Å². The molecule has 0 aromatic carbocycles. The van der Waals surface area contributed by atoms with E-state index < -0.39 is 0 Å². The van der Waals surface area contributed by atoms with Crippen molar-refractivity contribution < 1.29 is 0 Å². The van der Waals surface area contributed by atoms with Crippen LogP contribution in [0.2, 0.25) is 0 Å². The van der Waals surface area contributed by atoms with Crippen LogP contribution in [-0.2, 0) is 0 Å². The molecular weight excluding hydrogens is 165 g/mol. The van der Waals surface area contributed by atoms with Crippen LogP contribution in [-0.4, -0.2) is 15.0 Å². The van der Waals surface area contributed by atoms with Gasteiger partial charge in [-0.3, -0.25) is 0 Å². The second kappa shape index (κ2) is 2.38. The predicted octanol–water partition coefficient (Wildman–Crippen LogP) is 1.02. The maximum atomic E-state index is 3.15. The van der Waals surface area contributed by atoms with Crippen LogP contribution in [0.5, 0.6) is 0 Å². The molecule has 1 nitrogen and oxygen atoms in total. The summed E-state index contributed by atoms with van der Waals surface area (Å²) >= 11 is 0.620. The molecular formula is C6H9NSe. The monoisotopic (exact) mass is 175 g/mol. The van der Waals surface area contributed by atoms with Crippen molar-refractivity contribution in [3.63, 3.8) is 0 Å². The summed E-state index contributed by atoms with van der Waals surface area (Å²) in [5, 5.41) is 3.15. The number of allylic oxidation sites excluding steroid dienone is 2. The number of rotatable bonds is 0. The van der Waals surface area contributed by atoms with E-state index in [1.807, 2.05) is 6.20 Å². The zero-order chi connectivity index (χ0) is 5.98. The molecule has 1 rings (SSSR count). The van der Waals surface area contributed by atoms with Gasteiger partial charge < -0.3 is 0 Å². The van der Waals surface area contributed by atoms with Gasteiger partial charge in [-0.2, -0.15) is 0 Å². The Bertz CT molecular complexity index is 131. The van der Waals surface area contributed by atoms with E-state index in [0.717, 1.165) is 0 Å². The van der Waals surface area contributed by atoms with Crippen LogP contribution >= 0.6 is 0 Å². The first-order valence-corrected chi connectivity index (χ1v) is 4.41. The second-order valence-corrected chi connectivity index (χ2v) is 4.10. The average molecular weight is 174 g/mol. The Kier molecular flexibility index (Phi) is 1.76. The van der Waals surface area contributed by atoms with Gasteiger partial charge in [-0.05, 0) is 0 Å². The maximum absolute atomic E-state index is 3.15. The molecule has 0 aromatic rings. The molecule has 0 radical (unpaired) electrons. The third-order valence-electron chi connectivity index (χ3n) is 1.14. The van der Waals surface area contributed by atoms with Crippen LogP contribution < -0.4 is 5.32 Å². The standard InChI is InChI=1S/C6H9NSe/c1-5-6(2)8-4-3-7-5/h3-4,7H,1-2H3. The molecule has 1 heterocycles. The summed E-state index contributed by atoms with van der Waals surface area (Å²) in [6, 6.07) is 0. The van der Waals surface area contributed by atoms with Gasteiger partial charge >= 0.3 is 55.5 Å². The van der Waals surface area contributed by atoms with Crippen LogP contribution in [0.4, 0.5) is 0 Å². The molecule has 0 bridgehead atoms. The van der Waals surface area contributed by atoms with Crippen molar-refractivity contribution in [2.24, 2.45) is 0 Å². The van der Waals surface area contributed by atoms with Gasteiger partial charge in [0.15, 0.2) is 0 Å². The molecule has 0 saturated carbocycles. The van der Waals surface area contributed by atoms with E-state index in [9.17, 15) is 0 Å². The van der Waals surface area contributed by atoms with E-state index in [-0.39, 0.29) is 0 Å². The quantitative estimate of drug-likeness (QED) is 0.540. The Hall–Kier alpha value is -0.201. The summed E-state index contributed by atoms with van der Waals surface area (Å²) in [5.74, 6) is 0. The molecule has 0 spiro atoms. The summed E-state index contributed by atoms with van der Waals surface area (Å²) in [5.41, 5.74) is 1.33. The summed E-state index contributed by atoms with van der Waals surface area (Å²) in [4.78, 5) is 2.19. The fourth-order valence-electron chi connectivity index (χ4n) is 0.485. The number of hydrogen-bond donors (Lipinski definition) is 1. The topological polar surface area (TPSA) is 12.0 Å². The van der Waals surface area contributed by atoms with Gasteiger partial charge in [-0.25, -0.2) is 0 Å². The van der Waals surface area contributed by atoms with E-state index in [1.165, 1.54) is 10.2 Å². The van der Waals surface area contributed by atoms with E-state index in [4.69, 9.17) is 0 Å². The average Bonchev–Trinajstić information content (AvgIpc) is 1.77. The van der Waals surface area contributed by atoms with Crippen LogP contribution in [0.25, 0.3) is 0 Å². The van der Waals surface area contributed by atoms with Crippen molar-refractivity contribution in [2.75, 3.05) is 0 Å². The Morgan fingerprint density at radius 1 is 1.50 bits per heavy atom. The molecule has 0 aliphatic carbocycles. The van der Waals surface area contributed by atoms with E-state index >= 15 is 0 Å². The Morgan fingerprint density at radius 2 is 2.25 bits per heavy atom. The van der Waals surface area contributed by atoms with Crippen molar-refractivity contribution in [1.29, 1.82) is 0 Å². The number of hydrogen-bond acceptors (Lipinski definition) is 1. The molecule has 0 atom stereocenters. The zero-order valence-electron chi connectivity index (χ0n) is 5.06. The van der Waals surface area contributed by atoms with Gasteiger partial charge in [0.25, 0.3) is 0 Å². The minimum absolute atomic E-state index is 0.620. The second-order valence-electron chi connectivity index (χ2n) is 1.75. The third-order valence-corrected chi connectivity index (χ3v) is 3.10. The van der Waals surface area contributed by atoms with Gasteiger partial charge in [0.1, 0.15) is 0 Å². The van der Waals surface area contributed by atoms with Gasteiger partial charge in [0.2, 0.25) is 0 Å². The van der Waals surface area contributed by atoms with Crippen molar-refractivity contribution >= 4 is 15.0 Å². The van der Waals surface area contributed by atoms with E-state index in [2.05, 4.69) is 24.1 Å². The van der Waals surface area contributed by atoms with Gasteiger partial charge in [-0.15, -0.1) is 0 Å². The normalized spacial score (nSPS) is 18.8. The first-order chi connectivity index (χ1) is 3.80. The SMILES string of the molecule is CC1=C(C)[Se]C=CN1. The first kappa shape index (κ1) is 5.93. The minimum atomic E-state index is 0.620. The molecule has 8 heavy (non-hydrogen) atoms. The van der Waals surface area contributed by atoms with Crippen LogP contribution in [0.3, 0.4) is 0 Å². The molecule has 44 valence electrons. The van der Waals surface area contributed by atoms with Gasteiger partial charge in [-0.1, -0.05) is 0 Å². The van der Waals surface area contributed by atoms with Gasteiger partial charge in [0, 0.05) is 0 Å². The van der Waals surface area contributed by atoms with Crippen molar-refractivity contribution in [1.82, 2.24) is 5.32 Å². The van der Waals surface area contributed by atoms with Crippen molar-refractivity contribution in [2.45, 2.75) is 13.8 Å². The predicted molar refractivity (Wildman–Crippen MR) is 36.4 cm³/mol. The Morgan fingerprint density at radius 3 is 2.62 bits per heavy atom. The molecule has 0 unspecified atom stereocenters. The summed E-state index contributed by atoms with van der Waals surface area (Å²) in [7, 11) is 0. The molecule has 2 heteroatoms. The first-order valence-electron chi connectivity index (χ1n) is 2.56. The van der Waals surface area contributed by atoms with E-state index in [1.54, 1.807) is 0 Å². The van der Waals surface area contributed by atoms with Crippen molar-refractivity contribution in [3.05, 3.63) is 21.3 Å². The molecule has 0 saturated heterocycles. The van der Waals surface area contributed by atoms with E-state index in [0.29, 0.717) is 15.0 Å². The summed E-state index contributed by atoms with van der Waals surface area (Å²) in [6.07, 6.45) is 2.02. The fraction of sp³-hybridized carbons (Fsp3) is 0.333. The Balaban J connectivity index is 2.67. The molecule has 1 N–H and O–H groups in total. The van der Waals surface area contributed by atoms with Crippen LogP contribution in [0, 0.1) is 0 Å². The molecule has 0 fully saturated rings. The third kappa shape index (κ3) is 1.15. The number of nitrogens with one attached hydrogen (secondary N) is 1. The van der Waals surface area contributed by atoms with Crippen LogP contribution in [0.15, 0.2) is 21.3 Å². The summed E-state index contributed by atoms with van der Waals surface area (Å²) < 4.78 is 1.50.